The summed E-state index contributed by atoms with van der Waals surface area (Å²) in [7, 11) is -1.52. The molecule has 0 aromatic heterocycles. The van der Waals surface area contributed by atoms with E-state index in [9.17, 15) is 4.79 Å². The molecule has 2 saturated heterocycles. The van der Waals surface area contributed by atoms with Crippen molar-refractivity contribution in [2.75, 3.05) is 0 Å². The van der Waals surface area contributed by atoms with E-state index >= 15 is 0 Å². The fourth-order valence-corrected chi connectivity index (χ4v) is 4.78. The van der Waals surface area contributed by atoms with E-state index < -0.39 is 36.6 Å². The molecule has 3 aliphatic rings. The highest BCUT2D eigenvalue weighted by Crippen LogP contribution is 2.43. The van der Waals surface area contributed by atoms with Gasteiger partial charge in [0, 0.05) is 6.08 Å². The van der Waals surface area contributed by atoms with Crippen LogP contribution in [0.1, 0.15) is 95.4 Å². The van der Waals surface area contributed by atoms with Gasteiger partial charge in [-0.15, -0.1) is 0 Å². The number of rotatable bonds is 5. The van der Waals surface area contributed by atoms with Crippen molar-refractivity contribution in [2.24, 2.45) is 17.8 Å². The lowest BCUT2D eigenvalue weighted by atomic mass is 9.57. The number of esters is 1. The quantitative estimate of drug-likeness (QED) is 0.319. The van der Waals surface area contributed by atoms with Crippen LogP contribution in [0.4, 0.5) is 0 Å². The van der Waals surface area contributed by atoms with E-state index in [2.05, 4.69) is 20.8 Å². The van der Waals surface area contributed by atoms with Crippen molar-refractivity contribution in [2.45, 2.75) is 124 Å². The fourth-order valence-electron chi connectivity index (χ4n) is 4.78. The molecule has 2 heterocycles. The molecule has 8 heteroatoms. The maximum Gasteiger partial charge on any atom is 0.486 e. The smallest absolute Gasteiger partial charge is 0.459 e. The highest BCUT2D eigenvalue weighted by Gasteiger charge is 2.59. The number of carbonyl (C=O) groups is 1. The molecule has 1 aliphatic carbocycles. The van der Waals surface area contributed by atoms with Crippen LogP contribution in [0.2, 0.25) is 0 Å². The maximum atomic E-state index is 13.2. The van der Waals surface area contributed by atoms with Crippen molar-refractivity contribution in [3.63, 3.8) is 0 Å². The molecule has 0 amide bonds. The zero-order valence-corrected chi connectivity index (χ0v) is 22.6. The number of hydrogen-bond donors (Lipinski definition) is 0. The highest BCUT2D eigenvalue weighted by molar-refractivity contribution is 6.78. The summed E-state index contributed by atoms with van der Waals surface area (Å²) in [6, 6.07) is 0. The largest absolute Gasteiger partial charge is 0.486 e. The van der Waals surface area contributed by atoms with Gasteiger partial charge in [-0.05, 0) is 91.4 Å². The van der Waals surface area contributed by atoms with Crippen molar-refractivity contribution in [1.29, 1.82) is 0 Å². The Labute approximate surface area is 201 Å². The second-order valence-electron chi connectivity index (χ2n) is 12.6. The Morgan fingerprint density at radius 1 is 0.848 bits per heavy atom. The Hall–Kier alpha value is -0.820. The van der Waals surface area contributed by atoms with Gasteiger partial charge in [0.2, 0.25) is 0 Å². The molecule has 6 nitrogen and oxygen atoms in total. The molecule has 0 aromatic carbocycles. The van der Waals surface area contributed by atoms with Crippen molar-refractivity contribution < 1.29 is 28.1 Å². The average Bonchev–Trinajstić information content (AvgIpc) is 2.98. The van der Waals surface area contributed by atoms with Crippen molar-refractivity contribution in [3.05, 3.63) is 11.4 Å². The van der Waals surface area contributed by atoms with Gasteiger partial charge >= 0.3 is 20.2 Å². The molecule has 0 N–H and O–H groups in total. The van der Waals surface area contributed by atoms with Crippen molar-refractivity contribution in [3.8, 4) is 0 Å². The van der Waals surface area contributed by atoms with Crippen molar-refractivity contribution >= 4 is 20.2 Å². The molecule has 0 unspecified atom stereocenters. The topological polar surface area (TPSA) is 63.2 Å². The molecule has 3 rings (SSSR count). The molecule has 2 aliphatic heterocycles. The van der Waals surface area contributed by atoms with Crippen LogP contribution in [-0.2, 0) is 28.1 Å². The fraction of sp³-hybridized carbons (Fsp3) is 0.880. The van der Waals surface area contributed by atoms with Gasteiger partial charge in [-0.3, -0.25) is 0 Å². The zero-order chi connectivity index (χ0) is 25.0. The minimum atomic E-state index is -0.761. The van der Waals surface area contributed by atoms with Crippen LogP contribution in [0.3, 0.4) is 0 Å². The lowest BCUT2D eigenvalue weighted by Crippen LogP contribution is -2.41. The lowest BCUT2D eigenvalue weighted by Gasteiger charge is -2.36. The lowest BCUT2D eigenvalue weighted by molar-refractivity contribution is -0.149. The number of carbonyl (C=O) groups excluding carboxylic acids is 1. The summed E-state index contributed by atoms with van der Waals surface area (Å²) in [5.74, 6) is 0.993. The van der Waals surface area contributed by atoms with Gasteiger partial charge in [0.25, 0.3) is 0 Å². The SMILES string of the molecule is CC(C)[C@@H]1CC[C@@H](C)C[C@H]1OC(=O)C=C(B1OC(C)(C)C(C)(C)O1)B1OC(C)(C)C(C)(C)O1. The van der Waals surface area contributed by atoms with Crippen LogP contribution in [0.25, 0.3) is 0 Å². The van der Waals surface area contributed by atoms with Gasteiger partial charge < -0.3 is 23.4 Å². The molecule has 0 aromatic rings. The van der Waals surface area contributed by atoms with Gasteiger partial charge in [-0.2, -0.15) is 0 Å². The van der Waals surface area contributed by atoms with E-state index in [0.717, 1.165) is 12.8 Å². The summed E-state index contributed by atoms with van der Waals surface area (Å²) < 4.78 is 31.2. The van der Waals surface area contributed by atoms with E-state index in [1.54, 1.807) is 0 Å². The van der Waals surface area contributed by atoms with Crippen LogP contribution < -0.4 is 0 Å². The van der Waals surface area contributed by atoms with Crippen LogP contribution >= 0.6 is 0 Å². The Morgan fingerprint density at radius 2 is 1.27 bits per heavy atom. The predicted molar refractivity (Wildman–Crippen MR) is 131 cm³/mol. The first-order chi connectivity index (χ1) is 15.0. The first-order valence-electron chi connectivity index (χ1n) is 12.6. The molecular weight excluding hydrogens is 418 g/mol. The van der Waals surface area contributed by atoms with E-state index in [4.69, 9.17) is 23.4 Å². The minimum Gasteiger partial charge on any atom is -0.459 e. The standard InChI is InChI=1S/C25H44B2O6/c1-16(2)18-13-12-17(3)14-19(18)29-21(28)15-20(26-30-22(4,5)23(6,7)31-26)27-32-24(8,9)25(10,11)33-27/h15-19H,12-14H2,1-11H3/t17-,18+,19-/m1/s1. The van der Waals surface area contributed by atoms with Crippen LogP contribution in [0.5, 0.6) is 0 Å². The monoisotopic (exact) mass is 462 g/mol. The summed E-state index contributed by atoms with van der Waals surface area (Å²) in [6.07, 6.45) is 4.56. The molecular formula is C25H44B2O6. The van der Waals surface area contributed by atoms with E-state index in [0.29, 0.717) is 23.1 Å². The second kappa shape index (κ2) is 9.00. The van der Waals surface area contributed by atoms with Gasteiger partial charge in [-0.25, -0.2) is 4.79 Å². The Bertz CT molecular complexity index is 703. The van der Waals surface area contributed by atoms with E-state index in [-0.39, 0.29) is 12.1 Å². The minimum absolute atomic E-state index is 0.0876. The van der Waals surface area contributed by atoms with E-state index in [1.165, 1.54) is 12.5 Å². The normalized spacial score (nSPS) is 32.2. The van der Waals surface area contributed by atoms with Crippen LogP contribution in [-0.4, -0.2) is 48.7 Å². The Balaban J connectivity index is 1.88. The molecule has 186 valence electrons. The molecule has 1 saturated carbocycles. The van der Waals surface area contributed by atoms with Crippen LogP contribution in [0, 0.1) is 17.8 Å². The summed E-state index contributed by atoms with van der Waals surface area (Å²) >= 11 is 0. The third kappa shape index (κ3) is 5.39. The second-order valence-corrected chi connectivity index (χ2v) is 12.6. The Kier molecular flexibility index (Phi) is 7.30. The molecule has 33 heavy (non-hydrogen) atoms. The Morgan fingerprint density at radius 3 is 1.67 bits per heavy atom. The molecule has 0 bridgehead atoms. The average molecular weight is 462 g/mol. The summed E-state index contributed by atoms with van der Waals surface area (Å²) in [4.78, 5) is 13.2. The van der Waals surface area contributed by atoms with Crippen molar-refractivity contribution in [1.82, 2.24) is 0 Å². The first kappa shape index (κ1) is 26.8. The van der Waals surface area contributed by atoms with Gasteiger partial charge in [0.15, 0.2) is 0 Å². The number of hydrogen-bond acceptors (Lipinski definition) is 6. The summed E-state index contributed by atoms with van der Waals surface area (Å²) in [6.45, 7) is 22.6. The van der Waals surface area contributed by atoms with Gasteiger partial charge in [0.05, 0.1) is 22.4 Å². The zero-order valence-electron chi connectivity index (χ0n) is 22.6. The van der Waals surface area contributed by atoms with E-state index in [1.807, 2.05) is 55.4 Å². The molecule has 0 radical (unpaired) electrons. The molecule has 3 atom stereocenters. The predicted octanol–water partition coefficient (Wildman–Crippen LogP) is 5.18. The third-order valence-electron chi connectivity index (χ3n) is 8.56. The molecule has 0 spiro atoms. The number of ether oxygens (including phenoxy) is 1. The third-order valence-corrected chi connectivity index (χ3v) is 8.56. The van der Waals surface area contributed by atoms with Gasteiger partial charge in [0.1, 0.15) is 6.10 Å². The summed E-state index contributed by atoms with van der Waals surface area (Å²) in [5.41, 5.74) is -2.20. The van der Waals surface area contributed by atoms with Gasteiger partial charge in [-0.1, -0.05) is 27.2 Å². The maximum absolute atomic E-state index is 13.2. The molecule has 3 fully saturated rings. The van der Waals surface area contributed by atoms with Crippen LogP contribution in [0.15, 0.2) is 11.4 Å². The highest BCUT2D eigenvalue weighted by atomic mass is 16.7. The first-order valence-corrected chi connectivity index (χ1v) is 12.6. The summed E-state index contributed by atoms with van der Waals surface area (Å²) in [5, 5.41) is 0.516.